The Morgan fingerprint density at radius 3 is 2.74 bits per heavy atom. The number of carbonyl (C=O) groups is 1. The molecule has 0 unspecified atom stereocenters. The average molecular weight is 538 g/mol. The van der Waals surface area contributed by atoms with Crippen LogP contribution in [0.15, 0.2) is 53.1 Å². The number of halogens is 2. The number of nitrogens with zero attached hydrogens (tertiary/aromatic N) is 3. The second-order valence-corrected chi connectivity index (χ2v) is 10.7. The van der Waals surface area contributed by atoms with E-state index in [2.05, 4.69) is 30.9 Å². The molecule has 0 bridgehead atoms. The summed E-state index contributed by atoms with van der Waals surface area (Å²) in [7, 11) is -4.03. The molecule has 0 aliphatic rings. The van der Waals surface area contributed by atoms with Crippen LogP contribution < -0.4 is 20.8 Å². The SMILES string of the molecule is CCNCCNc1cc(F)ccc1NC(=O)c1cccc2c1cnn2NS(=O)(=O)c1ncc(Cl)s1. The van der Waals surface area contributed by atoms with Crippen LogP contribution in [0.3, 0.4) is 0 Å². The van der Waals surface area contributed by atoms with Gasteiger partial charge in [0, 0.05) is 18.5 Å². The van der Waals surface area contributed by atoms with E-state index < -0.39 is 21.7 Å². The van der Waals surface area contributed by atoms with Gasteiger partial charge in [-0.25, -0.2) is 9.37 Å². The molecule has 0 aliphatic heterocycles. The third-order valence-electron chi connectivity index (χ3n) is 4.85. The van der Waals surface area contributed by atoms with Gasteiger partial charge in [0.1, 0.15) is 10.2 Å². The van der Waals surface area contributed by atoms with E-state index in [1.807, 2.05) is 6.92 Å². The lowest BCUT2D eigenvalue weighted by atomic mass is 10.1. The standard InChI is InChI=1S/C21H21ClFN7O3S2/c1-2-24-8-9-25-17-10-13(23)6-7-16(17)28-20(31)14-4-3-5-18-15(14)11-27-30(18)29-35(32,33)21-26-12-19(22)34-21/h3-7,10-12,24-25,29H,2,8-9H2,1H3,(H,28,31). The summed E-state index contributed by atoms with van der Waals surface area (Å²) < 4.78 is 39.0. The summed E-state index contributed by atoms with van der Waals surface area (Å²) in [4.78, 5) is 20.3. The number of fused-ring (bicyclic) bond motifs is 1. The number of benzene rings is 2. The van der Waals surface area contributed by atoms with Crippen molar-refractivity contribution in [2.75, 3.05) is 35.1 Å². The van der Waals surface area contributed by atoms with E-state index in [1.165, 1.54) is 30.6 Å². The molecule has 0 saturated carbocycles. The highest BCUT2D eigenvalue weighted by molar-refractivity contribution is 7.94. The van der Waals surface area contributed by atoms with Crippen molar-refractivity contribution in [3.05, 3.63) is 64.5 Å². The molecule has 0 spiro atoms. The predicted molar refractivity (Wildman–Crippen MR) is 135 cm³/mol. The molecule has 14 heteroatoms. The first kappa shape index (κ1) is 24.9. The van der Waals surface area contributed by atoms with Crippen molar-refractivity contribution in [2.24, 2.45) is 0 Å². The minimum atomic E-state index is -4.03. The quantitative estimate of drug-likeness (QED) is 0.228. The molecule has 0 radical (unpaired) electrons. The van der Waals surface area contributed by atoms with Crippen LogP contribution in [-0.4, -0.2) is 48.8 Å². The Labute approximate surface area is 209 Å². The van der Waals surface area contributed by atoms with Gasteiger partial charge in [0.05, 0.1) is 34.8 Å². The number of aromatic nitrogens is 3. The highest BCUT2D eigenvalue weighted by Crippen LogP contribution is 2.26. The van der Waals surface area contributed by atoms with Crippen molar-refractivity contribution in [3.8, 4) is 0 Å². The normalized spacial score (nSPS) is 11.5. The molecule has 0 atom stereocenters. The number of nitrogens with one attached hydrogen (secondary N) is 4. The number of sulfonamides is 1. The Morgan fingerprint density at radius 1 is 1.17 bits per heavy atom. The van der Waals surface area contributed by atoms with Gasteiger partial charge in [0.25, 0.3) is 5.91 Å². The number of anilines is 2. The van der Waals surface area contributed by atoms with E-state index in [9.17, 15) is 17.6 Å². The van der Waals surface area contributed by atoms with Crippen molar-refractivity contribution < 1.29 is 17.6 Å². The van der Waals surface area contributed by atoms with E-state index in [4.69, 9.17) is 11.6 Å². The third kappa shape index (κ3) is 5.70. The van der Waals surface area contributed by atoms with Crippen molar-refractivity contribution >= 4 is 61.1 Å². The van der Waals surface area contributed by atoms with E-state index in [0.717, 1.165) is 22.7 Å². The van der Waals surface area contributed by atoms with Crippen LogP contribution in [0.1, 0.15) is 17.3 Å². The maximum absolute atomic E-state index is 13.8. The fourth-order valence-electron chi connectivity index (χ4n) is 3.26. The lowest BCUT2D eigenvalue weighted by Crippen LogP contribution is -2.24. The molecule has 35 heavy (non-hydrogen) atoms. The van der Waals surface area contributed by atoms with Gasteiger partial charge in [-0.3, -0.25) is 4.79 Å². The fraction of sp³-hybridized carbons (Fsp3) is 0.190. The van der Waals surface area contributed by atoms with E-state index in [1.54, 1.807) is 18.2 Å². The summed E-state index contributed by atoms with van der Waals surface area (Å²) in [5.74, 6) is -0.905. The molecule has 10 nitrogen and oxygen atoms in total. The summed E-state index contributed by atoms with van der Waals surface area (Å²) in [6, 6.07) is 8.83. The minimum absolute atomic E-state index is 0.217. The minimum Gasteiger partial charge on any atom is -0.382 e. The summed E-state index contributed by atoms with van der Waals surface area (Å²) in [5, 5.41) is 13.5. The van der Waals surface area contributed by atoms with Crippen molar-refractivity contribution in [1.29, 1.82) is 0 Å². The molecule has 1 amide bonds. The first-order valence-corrected chi connectivity index (χ1v) is 13.1. The second-order valence-electron chi connectivity index (χ2n) is 7.24. The molecule has 0 fully saturated rings. The molecule has 0 saturated heterocycles. The van der Waals surface area contributed by atoms with Gasteiger partial charge in [-0.05, 0) is 36.9 Å². The summed E-state index contributed by atoms with van der Waals surface area (Å²) >= 11 is 6.60. The van der Waals surface area contributed by atoms with Crippen LogP contribution in [-0.2, 0) is 10.0 Å². The molecule has 2 aromatic carbocycles. The lowest BCUT2D eigenvalue weighted by Gasteiger charge is -2.14. The number of amides is 1. The highest BCUT2D eigenvalue weighted by Gasteiger charge is 2.21. The Kier molecular flexibility index (Phi) is 7.50. The zero-order chi connectivity index (χ0) is 25.0. The van der Waals surface area contributed by atoms with Gasteiger partial charge in [-0.15, -0.1) is 0 Å². The van der Waals surface area contributed by atoms with E-state index >= 15 is 0 Å². The Bertz CT molecular complexity index is 1470. The maximum Gasteiger partial charge on any atom is 0.304 e. The average Bonchev–Trinajstić information content (AvgIpc) is 3.45. The number of thiazole rings is 1. The number of carbonyl (C=O) groups excluding carboxylic acids is 1. The fourth-order valence-corrected chi connectivity index (χ4v) is 5.51. The van der Waals surface area contributed by atoms with Crippen LogP contribution in [0.2, 0.25) is 4.34 Å². The van der Waals surface area contributed by atoms with Crippen molar-refractivity contribution in [3.63, 3.8) is 0 Å². The first-order valence-electron chi connectivity index (χ1n) is 10.4. The van der Waals surface area contributed by atoms with Gasteiger partial charge in [0.15, 0.2) is 0 Å². The van der Waals surface area contributed by atoms with Crippen molar-refractivity contribution in [1.82, 2.24) is 20.2 Å². The molecule has 4 aromatic rings. The second kappa shape index (κ2) is 10.6. The van der Waals surface area contributed by atoms with Crippen LogP contribution >= 0.6 is 22.9 Å². The molecule has 0 aliphatic carbocycles. The Hall–Kier alpha value is -3.26. The smallest absolute Gasteiger partial charge is 0.304 e. The van der Waals surface area contributed by atoms with Gasteiger partial charge in [-0.2, -0.15) is 23.1 Å². The van der Waals surface area contributed by atoms with Crippen LogP contribution in [0, 0.1) is 5.82 Å². The van der Waals surface area contributed by atoms with E-state index in [0.29, 0.717) is 35.4 Å². The first-order chi connectivity index (χ1) is 16.8. The van der Waals surface area contributed by atoms with Crippen molar-refractivity contribution in [2.45, 2.75) is 11.3 Å². The van der Waals surface area contributed by atoms with Crippen LogP contribution in [0.25, 0.3) is 10.9 Å². The number of rotatable bonds is 10. The molecule has 2 aromatic heterocycles. The Morgan fingerprint density at radius 2 is 2.00 bits per heavy atom. The zero-order valence-corrected chi connectivity index (χ0v) is 20.8. The summed E-state index contributed by atoms with van der Waals surface area (Å²) in [6.07, 6.45) is 2.62. The highest BCUT2D eigenvalue weighted by atomic mass is 35.5. The van der Waals surface area contributed by atoms with Gasteiger partial charge in [0.2, 0.25) is 4.34 Å². The van der Waals surface area contributed by atoms with Gasteiger partial charge < -0.3 is 16.0 Å². The largest absolute Gasteiger partial charge is 0.382 e. The zero-order valence-electron chi connectivity index (χ0n) is 18.4. The molecule has 2 heterocycles. The van der Waals surface area contributed by atoms with Gasteiger partial charge >= 0.3 is 10.0 Å². The number of hydrogen-bond donors (Lipinski definition) is 4. The summed E-state index contributed by atoms with van der Waals surface area (Å²) in [6.45, 7) is 3.99. The topological polar surface area (TPSA) is 130 Å². The van der Waals surface area contributed by atoms with Crippen LogP contribution in [0.5, 0.6) is 0 Å². The molecular formula is C21H21ClFN7O3S2. The molecule has 184 valence electrons. The summed E-state index contributed by atoms with van der Waals surface area (Å²) in [5.41, 5.74) is 1.45. The lowest BCUT2D eigenvalue weighted by molar-refractivity contribution is 0.102. The number of hydrogen-bond acceptors (Lipinski definition) is 8. The molecule has 4 rings (SSSR count). The molecular weight excluding hydrogens is 517 g/mol. The van der Waals surface area contributed by atoms with Crippen LogP contribution in [0.4, 0.5) is 15.8 Å². The third-order valence-corrected chi connectivity index (χ3v) is 7.64. The number of likely N-dealkylation sites (N-methyl/N-ethyl adjacent to an activating group) is 1. The van der Waals surface area contributed by atoms with Gasteiger partial charge in [-0.1, -0.05) is 35.9 Å². The Balaban J connectivity index is 1.57. The molecule has 4 N–H and O–H groups in total. The van der Waals surface area contributed by atoms with E-state index in [-0.39, 0.29) is 14.2 Å². The monoisotopic (exact) mass is 537 g/mol. The maximum atomic E-state index is 13.8. The predicted octanol–water partition coefficient (Wildman–Crippen LogP) is 3.49.